The van der Waals surface area contributed by atoms with Crippen LogP contribution in [0, 0.1) is 11.7 Å². The van der Waals surface area contributed by atoms with Gasteiger partial charge in [0.05, 0.1) is 0 Å². The summed E-state index contributed by atoms with van der Waals surface area (Å²) in [5, 5.41) is 3.14. The van der Waals surface area contributed by atoms with Crippen molar-refractivity contribution in [3.05, 3.63) is 35.6 Å². The number of carbonyl (C=O) groups is 1. The third-order valence-corrected chi connectivity index (χ3v) is 5.33. The van der Waals surface area contributed by atoms with Crippen LogP contribution in [0.25, 0.3) is 0 Å². The third kappa shape index (κ3) is 3.92. The number of hydrogen-bond donors (Lipinski definition) is 1. The molecule has 2 atom stereocenters. The molecule has 1 aromatic carbocycles. The van der Waals surface area contributed by atoms with Crippen LogP contribution in [-0.4, -0.2) is 36.0 Å². The van der Waals surface area contributed by atoms with Gasteiger partial charge in [-0.2, -0.15) is 0 Å². The summed E-state index contributed by atoms with van der Waals surface area (Å²) in [6, 6.07) is 6.54. The highest BCUT2D eigenvalue weighted by atomic mass is 19.1. The van der Waals surface area contributed by atoms with Crippen molar-refractivity contribution in [2.45, 2.75) is 51.0 Å². The quantitative estimate of drug-likeness (QED) is 0.903. The van der Waals surface area contributed by atoms with Crippen LogP contribution >= 0.6 is 0 Å². The van der Waals surface area contributed by atoms with Crippen LogP contribution in [0.5, 0.6) is 0 Å². The first kappa shape index (κ1) is 16.4. The lowest BCUT2D eigenvalue weighted by Gasteiger charge is -2.41. The standard InChI is InChI=1S/C19H27FN2O/c1-19(2,22-10-4-3-5-11-22)13-21-18(23)17-12-16(17)14-6-8-15(20)9-7-14/h6-9,16-17H,3-5,10-13H2,1-2H3,(H,21,23). The molecule has 3 rings (SSSR count). The van der Waals surface area contributed by atoms with Crippen molar-refractivity contribution in [1.29, 1.82) is 0 Å². The van der Waals surface area contributed by atoms with E-state index in [4.69, 9.17) is 0 Å². The summed E-state index contributed by atoms with van der Waals surface area (Å²) in [6.45, 7) is 7.37. The second-order valence-electron chi connectivity index (χ2n) is 7.58. The van der Waals surface area contributed by atoms with Gasteiger partial charge in [-0.15, -0.1) is 0 Å². The molecule has 23 heavy (non-hydrogen) atoms. The van der Waals surface area contributed by atoms with E-state index in [0.29, 0.717) is 6.54 Å². The SMILES string of the molecule is CC(C)(CNC(=O)C1CC1c1ccc(F)cc1)N1CCCCC1. The number of amides is 1. The van der Waals surface area contributed by atoms with Gasteiger partial charge < -0.3 is 5.32 Å². The Bertz CT molecular complexity index is 549. The van der Waals surface area contributed by atoms with Crippen molar-refractivity contribution >= 4 is 5.91 Å². The van der Waals surface area contributed by atoms with Crippen molar-refractivity contribution in [2.24, 2.45) is 5.92 Å². The van der Waals surface area contributed by atoms with E-state index in [1.165, 1.54) is 31.4 Å². The smallest absolute Gasteiger partial charge is 0.223 e. The molecule has 0 radical (unpaired) electrons. The van der Waals surface area contributed by atoms with Gasteiger partial charge in [0.15, 0.2) is 0 Å². The molecular weight excluding hydrogens is 291 g/mol. The zero-order chi connectivity index (χ0) is 16.4. The normalized spacial score (nSPS) is 25.2. The van der Waals surface area contributed by atoms with Gasteiger partial charge in [-0.1, -0.05) is 18.6 Å². The molecule has 1 saturated carbocycles. The Kier molecular flexibility index (Phi) is 4.72. The molecule has 4 heteroatoms. The van der Waals surface area contributed by atoms with Gasteiger partial charge >= 0.3 is 0 Å². The minimum Gasteiger partial charge on any atom is -0.354 e. The fourth-order valence-electron chi connectivity index (χ4n) is 3.61. The van der Waals surface area contributed by atoms with Gasteiger partial charge in [-0.25, -0.2) is 4.39 Å². The lowest BCUT2D eigenvalue weighted by atomic mass is 9.98. The zero-order valence-electron chi connectivity index (χ0n) is 14.1. The van der Waals surface area contributed by atoms with Crippen molar-refractivity contribution in [3.8, 4) is 0 Å². The number of carbonyl (C=O) groups excluding carboxylic acids is 1. The molecule has 1 aliphatic carbocycles. The van der Waals surface area contributed by atoms with E-state index in [1.807, 2.05) is 0 Å². The number of benzene rings is 1. The average molecular weight is 318 g/mol. The van der Waals surface area contributed by atoms with Gasteiger partial charge in [0.2, 0.25) is 5.91 Å². The molecule has 1 aliphatic heterocycles. The molecule has 0 bridgehead atoms. The van der Waals surface area contributed by atoms with Crippen LogP contribution in [-0.2, 0) is 4.79 Å². The van der Waals surface area contributed by atoms with Crippen LogP contribution in [0.15, 0.2) is 24.3 Å². The maximum absolute atomic E-state index is 13.0. The second-order valence-corrected chi connectivity index (χ2v) is 7.58. The summed E-state index contributed by atoms with van der Waals surface area (Å²) < 4.78 is 13.0. The Hall–Kier alpha value is -1.42. The van der Waals surface area contributed by atoms with Crippen LogP contribution in [0.4, 0.5) is 4.39 Å². The fourth-order valence-corrected chi connectivity index (χ4v) is 3.61. The van der Waals surface area contributed by atoms with E-state index >= 15 is 0 Å². The predicted octanol–water partition coefficient (Wildman–Crippen LogP) is 3.31. The van der Waals surface area contributed by atoms with Gasteiger partial charge in [-0.05, 0) is 69.8 Å². The second kappa shape index (κ2) is 6.60. The van der Waals surface area contributed by atoms with Gasteiger partial charge in [0.1, 0.15) is 5.82 Å². The highest BCUT2D eigenvalue weighted by molar-refractivity contribution is 5.82. The van der Waals surface area contributed by atoms with Gasteiger partial charge in [-0.3, -0.25) is 9.69 Å². The van der Waals surface area contributed by atoms with E-state index in [2.05, 4.69) is 24.1 Å². The Balaban J connectivity index is 1.49. The van der Waals surface area contributed by atoms with Crippen molar-refractivity contribution in [1.82, 2.24) is 10.2 Å². The molecule has 3 nitrogen and oxygen atoms in total. The maximum Gasteiger partial charge on any atom is 0.223 e. The van der Waals surface area contributed by atoms with E-state index in [1.54, 1.807) is 12.1 Å². The van der Waals surface area contributed by atoms with E-state index < -0.39 is 0 Å². The molecule has 1 N–H and O–H groups in total. The van der Waals surface area contributed by atoms with Gasteiger partial charge in [0, 0.05) is 18.0 Å². The zero-order valence-corrected chi connectivity index (χ0v) is 14.1. The molecule has 126 valence electrons. The van der Waals surface area contributed by atoms with Crippen LogP contribution in [0.1, 0.15) is 51.0 Å². The summed E-state index contributed by atoms with van der Waals surface area (Å²) in [5.41, 5.74) is 1.08. The third-order valence-electron chi connectivity index (χ3n) is 5.33. The molecule has 2 aliphatic rings. The lowest BCUT2D eigenvalue weighted by molar-refractivity contribution is -0.123. The lowest BCUT2D eigenvalue weighted by Crippen LogP contribution is -2.53. The Morgan fingerprint density at radius 2 is 1.87 bits per heavy atom. The van der Waals surface area contributed by atoms with Crippen molar-refractivity contribution in [3.63, 3.8) is 0 Å². The van der Waals surface area contributed by atoms with Crippen LogP contribution in [0.2, 0.25) is 0 Å². The van der Waals surface area contributed by atoms with Crippen molar-refractivity contribution in [2.75, 3.05) is 19.6 Å². The highest BCUT2D eigenvalue weighted by Gasteiger charge is 2.44. The summed E-state index contributed by atoms with van der Waals surface area (Å²) in [4.78, 5) is 14.9. The number of hydrogen-bond acceptors (Lipinski definition) is 2. The molecule has 1 amide bonds. The van der Waals surface area contributed by atoms with Crippen LogP contribution < -0.4 is 5.32 Å². The molecule has 1 heterocycles. The molecule has 0 aromatic heterocycles. The summed E-state index contributed by atoms with van der Waals surface area (Å²) >= 11 is 0. The topological polar surface area (TPSA) is 32.3 Å². The fraction of sp³-hybridized carbons (Fsp3) is 0.632. The van der Waals surface area contributed by atoms with E-state index in [-0.39, 0.29) is 29.1 Å². The first-order chi connectivity index (χ1) is 11.0. The van der Waals surface area contributed by atoms with Crippen molar-refractivity contribution < 1.29 is 9.18 Å². The molecule has 0 spiro atoms. The molecular formula is C19H27FN2O. The van der Waals surface area contributed by atoms with Gasteiger partial charge in [0.25, 0.3) is 0 Å². The number of nitrogens with one attached hydrogen (secondary N) is 1. The van der Waals surface area contributed by atoms with E-state index in [9.17, 15) is 9.18 Å². The van der Waals surface area contributed by atoms with Crippen LogP contribution in [0.3, 0.4) is 0 Å². The van der Waals surface area contributed by atoms with E-state index in [0.717, 1.165) is 25.1 Å². The monoisotopic (exact) mass is 318 g/mol. The highest BCUT2D eigenvalue weighted by Crippen LogP contribution is 2.47. The molecule has 2 fully saturated rings. The minimum absolute atomic E-state index is 0.0103. The summed E-state index contributed by atoms with van der Waals surface area (Å²) in [6.07, 6.45) is 4.71. The molecule has 1 saturated heterocycles. The number of rotatable bonds is 5. The predicted molar refractivity (Wildman–Crippen MR) is 89.8 cm³/mol. The molecule has 2 unspecified atom stereocenters. The Labute approximate surface area is 138 Å². The number of likely N-dealkylation sites (tertiary alicyclic amines) is 1. The minimum atomic E-state index is -0.223. The summed E-state index contributed by atoms with van der Waals surface area (Å²) in [7, 11) is 0. The average Bonchev–Trinajstić information content (AvgIpc) is 3.35. The first-order valence-electron chi connectivity index (χ1n) is 8.75. The maximum atomic E-state index is 13.0. The molecule has 1 aromatic rings. The number of halogens is 1. The Morgan fingerprint density at radius 3 is 2.52 bits per heavy atom. The Morgan fingerprint density at radius 1 is 1.22 bits per heavy atom. The largest absolute Gasteiger partial charge is 0.354 e. The number of nitrogens with zero attached hydrogens (tertiary/aromatic N) is 1. The number of piperidine rings is 1. The summed E-state index contributed by atoms with van der Waals surface area (Å²) in [5.74, 6) is 0.231. The first-order valence-corrected chi connectivity index (χ1v) is 8.75.